The molecule has 0 aliphatic carbocycles. The van der Waals surface area contributed by atoms with Gasteiger partial charge in [-0.05, 0) is 6.42 Å². The second kappa shape index (κ2) is 13.2. The third kappa shape index (κ3) is 22.7. The maximum atomic E-state index is 9.76. The number of carbonyl (C=O) groups is 1. The van der Waals surface area contributed by atoms with E-state index in [1.165, 1.54) is 0 Å². The minimum absolute atomic E-state index is 0.575. The highest BCUT2D eigenvalue weighted by Crippen LogP contribution is 1.80. The van der Waals surface area contributed by atoms with E-state index in [0.29, 0.717) is 6.54 Å². The molecule has 0 bridgehead atoms. The smallest absolute Gasteiger partial charge is 0.404 e. The summed E-state index contributed by atoms with van der Waals surface area (Å²) in [5.41, 5.74) is 0. The van der Waals surface area contributed by atoms with Crippen LogP contribution in [0.3, 0.4) is 0 Å². The fraction of sp³-hybridized carbons (Fsp3) is 0.625. The Morgan fingerprint density at radius 3 is 2.50 bits per heavy atom. The Balaban J connectivity index is 0. The van der Waals surface area contributed by atoms with Crippen LogP contribution in [-0.4, -0.2) is 22.2 Å². The normalized spacial score (nSPS) is 7.42. The number of hydrogen-bond acceptors (Lipinski definition) is 1. The Hall–Kier alpha value is -0.440. The first kappa shape index (κ1) is 14.1. The Morgan fingerprint density at radius 2 is 2.25 bits per heavy atom. The first-order valence-corrected chi connectivity index (χ1v) is 5.17. The zero-order chi connectivity index (χ0) is 9.82. The first-order chi connectivity index (χ1) is 5.68. The quantitative estimate of drug-likeness (QED) is 0.361. The summed E-state index contributed by atoms with van der Waals surface area (Å²) in [6.45, 7) is 2.59. The van der Waals surface area contributed by atoms with E-state index in [1.807, 2.05) is 6.92 Å². The maximum Gasteiger partial charge on any atom is 0.404 e. The maximum absolute atomic E-state index is 9.76. The van der Waals surface area contributed by atoms with Crippen LogP contribution in [0.4, 0.5) is 4.79 Å². The predicted octanol–water partition coefficient (Wildman–Crippen LogP) is 2.11. The molecule has 0 aromatic carbocycles. The molecule has 0 aromatic heterocycles. The highest BCUT2D eigenvalue weighted by molar-refractivity contribution is 14.1. The highest BCUT2D eigenvalue weighted by atomic mass is 127. The Morgan fingerprint density at radius 1 is 1.75 bits per heavy atom. The number of unbranched alkanes of at least 4 members (excludes halogenated alkanes) is 1. The van der Waals surface area contributed by atoms with Crippen LogP contribution in [0.25, 0.3) is 0 Å². The molecule has 70 valence electrons. The van der Waals surface area contributed by atoms with Crippen LogP contribution in [-0.2, 0) is 0 Å². The zero-order valence-corrected chi connectivity index (χ0v) is 9.30. The molecule has 0 rings (SSSR count). The van der Waals surface area contributed by atoms with Crippen molar-refractivity contribution in [3.05, 3.63) is 0 Å². The van der Waals surface area contributed by atoms with Crippen molar-refractivity contribution in [3.8, 4) is 12.3 Å². The lowest BCUT2D eigenvalue weighted by molar-refractivity contribution is 0.194. The molecular weight excluding hydrogens is 269 g/mol. The molecule has 0 aromatic rings. The van der Waals surface area contributed by atoms with Gasteiger partial charge in [0.25, 0.3) is 0 Å². The van der Waals surface area contributed by atoms with Crippen LogP contribution in [0.2, 0.25) is 0 Å². The van der Waals surface area contributed by atoms with Crippen molar-refractivity contribution in [3.63, 3.8) is 0 Å². The van der Waals surface area contributed by atoms with Gasteiger partial charge in [-0.15, -0.1) is 6.42 Å². The van der Waals surface area contributed by atoms with Gasteiger partial charge in [0.1, 0.15) is 0 Å². The van der Waals surface area contributed by atoms with Crippen LogP contribution >= 0.6 is 22.6 Å². The standard InChI is InChI=1S/C5H11NO2.C3H3I/c1-2-3-4-6-5(7)8;1-2-3-4/h6H,2-4H2,1H3,(H,7,8);1H,3H2. The minimum atomic E-state index is -0.932. The summed E-state index contributed by atoms with van der Waals surface area (Å²) in [6, 6.07) is 0. The van der Waals surface area contributed by atoms with Crippen LogP contribution in [0.5, 0.6) is 0 Å². The molecule has 0 saturated carbocycles. The van der Waals surface area contributed by atoms with E-state index in [-0.39, 0.29) is 0 Å². The summed E-state index contributed by atoms with van der Waals surface area (Å²) in [4.78, 5) is 9.76. The van der Waals surface area contributed by atoms with E-state index < -0.39 is 6.09 Å². The van der Waals surface area contributed by atoms with Gasteiger partial charge < -0.3 is 10.4 Å². The van der Waals surface area contributed by atoms with E-state index >= 15 is 0 Å². The summed E-state index contributed by atoms with van der Waals surface area (Å²) in [7, 11) is 0. The number of hydrogen-bond donors (Lipinski definition) is 2. The van der Waals surface area contributed by atoms with Gasteiger partial charge in [0, 0.05) is 6.54 Å². The largest absolute Gasteiger partial charge is 0.465 e. The molecular formula is C8H14INO2. The number of rotatable bonds is 3. The van der Waals surface area contributed by atoms with Gasteiger partial charge in [0.2, 0.25) is 0 Å². The van der Waals surface area contributed by atoms with Gasteiger partial charge in [-0.3, -0.25) is 0 Å². The summed E-state index contributed by atoms with van der Waals surface area (Å²) in [6.07, 6.45) is 5.79. The molecule has 3 nitrogen and oxygen atoms in total. The van der Waals surface area contributed by atoms with Gasteiger partial charge in [-0.1, -0.05) is 41.9 Å². The molecule has 1 amide bonds. The van der Waals surface area contributed by atoms with Crippen molar-refractivity contribution in [2.45, 2.75) is 19.8 Å². The Labute approximate surface area is 87.1 Å². The second-order valence-electron chi connectivity index (χ2n) is 1.92. The Bertz CT molecular complexity index is 142. The number of amides is 1. The molecule has 2 N–H and O–H groups in total. The lowest BCUT2D eigenvalue weighted by atomic mass is 10.3. The SMILES string of the molecule is C#CCI.CCCCNC(=O)O. The van der Waals surface area contributed by atoms with Crippen LogP contribution in [0.15, 0.2) is 0 Å². The van der Waals surface area contributed by atoms with E-state index in [2.05, 4.69) is 33.8 Å². The van der Waals surface area contributed by atoms with Crippen LogP contribution in [0, 0.1) is 12.3 Å². The summed E-state index contributed by atoms with van der Waals surface area (Å²) in [5, 5.41) is 10.3. The lowest BCUT2D eigenvalue weighted by Gasteiger charge is -1.94. The molecule has 0 spiro atoms. The van der Waals surface area contributed by atoms with Crippen molar-refractivity contribution < 1.29 is 9.90 Å². The average molecular weight is 283 g/mol. The van der Waals surface area contributed by atoms with Crippen LogP contribution in [0.1, 0.15) is 19.8 Å². The van der Waals surface area contributed by atoms with E-state index in [1.54, 1.807) is 0 Å². The number of alkyl halides is 1. The highest BCUT2D eigenvalue weighted by Gasteiger charge is 1.88. The molecule has 0 heterocycles. The molecule has 0 radical (unpaired) electrons. The van der Waals surface area contributed by atoms with Crippen molar-refractivity contribution in [2.75, 3.05) is 11.0 Å². The molecule has 0 fully saturated rings. The van der Waals surface area contributed by atoms with Gasteiger partial charge in [0.05, 0.1) is 4.43 Å². The first-order valence-electron chi connectivity index (χ1n) is 3.65. The molecule has 4 heteroatoms. The van der Waals surface area contributed by atoms with Crippen LogP contribution < -0.4 is 5.32 Å². The van der Waals surface area contributed by atoms with Gasteiger partial charge in [0.15, 0.2) is 0 Å². The van der Waals surface area contributed by atoms with E-state index in [9.17, 15) is 4.79 Å². The molecule has 0 aliphatic heterocycles. The summed E-state index contributed by atoms with van der Waals surface area (Å²) >= 11 is 2.12. The second-order valence-corrected chi connectivity index (χ2v) is 2.69. The average Bonchev–Trinajstić information content (AvgIpc) is 2.05. The van der Waals surface area contributed by atoms with Gasteiger partial charge in [-0.2, -0.15) is 0 Å². The van der Waals surface area contributed by atoms with E-state index in [0.717, 1.165) is 17.3 Å². The zero-order valence-electron chi connectivity index (χ0n) is 7.14. The van der Waals surface area contributed by atoms with E-state index in [4.69, 9.17) is 11.5 Å². The monoisotopic (exact) mass is 283 g/mol. The fourth-order valence-electron chi connectivity index (χ4n) is 0.372. The summed E-state index contributed by atoms with van der Waals surface area (Å²) in [5.74, 6) is 2.42. The number of terminal acetylenes is 1. The number of nitrogens with one attached hydrogen (secondary N) is 1. The molecule has 0 atom stereocenters. The molecule has 12 heavy (non-hydrogen) atoms. The van der Waals surface area contributed by atoms with Crippen molar-refractivity contribution in [2.24, 2.45) is 0 Å². The summed E-state index contributed by atoms with van der Waals surface area (Å²) < 4.78 is 0.817. The molecule has 0 saturated heterocycles. The third-order valence-corrected chi connectivity index (χ3v) is 1.32. The molecule has 0 aliphatic rings. The van der Waals surface area contributed by atoms with Gasteiger partial charge in [-0.25, -0.2) is 4.79 Å². The lowest BCUT2D eigenvalue weighted by Crippen LogP contribution is -2.21. The van der Waals surface area contributed by atoms with Crippen molar-refractivity contribution in [1.29, 1.82) is 0 Å². The fourth-order valence-corrected chi connectivity index (χ4v) is 0.372. The van der Waals surface area contributed by atoms with Crippen molar-refractivity contribution >= 4 is 28.7 Å². The number of halogens is 1. The third-order valence-electron chi connectivity index (χ3n) is 0.884. The van der Waals surface area contributed by atoms with Gasteiger partial charge >= 0.3 is 6.09 Å². The predicted molar refractivity (Wildman–Crippen MR) is 58.7 cm³/mol. The topological polar surface area (TPSA) is 49.3 Å². The molecule has 0 unspecified atom stereocenters. The minimum Gasteiger partial charge on any atom is -0.465 e. The number of carboxylic acid groups (broad SMARTS) is 1. The van der Waals surface area contributed by atoms with Crippen molar-refractivity contribution in [1.82, 2.24) is 5.32 Å². The Kier molecular flexibility index (Phi) is 15.5.